The highest BCUT2D eigenvalue weighted by atomic mass is 16.7. The second kappa shape index (κ2) is 18.5. The van der Waals surface area contributed by atoms with Gasteiger partial charge >= 0.3 is 5.97 Å². The molecule has 20 nitrogen and oxygen atoms in total. The first kappa shape index (κ1) is 51.8. The molecule has 25 atom stereocenters. The van der Waals surface area contributed by atoms with Crippen LogP contribution in [0.25, 0.3) is 0 Å². The predicted octanol–water partition coefficient (Wildman–Crippen LogP) is -2.30. The average molecular weight is 961 g/mol. The molecule has 7 fully saturated rings. The van der Waals surface area contributed by atoms with Crippen molar-refractivity contribution in [3.05, 3.63) is 11.6 Å². The van der Waals surface area contributed by atoms with Gasteiger partial charge in [-0.15, -0.1) is 0 Å². The van der Waals surface area contributed by atoms with E-state index in [9.17, 15) is 71.2 Å². The topological polar surface area (TPSA) is 335 Å². The van der Waals surface area contributed by atoms with Crippen LogP contribution >= 0.6 is 0 Å². The summed E-state index contributed by atoms with van der Waals surface area (Å²) in [5.74, 6) is -1.19. The van der Waals surface area contributed by atoms with Crippen LogP contribution in [0.5, 0.6) is 0 Å². The van der Waals surface area contributed by atoms with Crippen LogP contribution in [0, 0.1) is 50.2 Å². The minimum absolute atomic E-state index is 0.0194. The van der Waals surface area contributed by atoms with Crippen LogP contribution in [-0.2, 0) is 33.2 Å². The summed E-state index contributed by atoms with van der Waals surface area (Å²) in [7, 11) is 0. The Morgan fingerprint density at radius 2 is 1.25 bits per heavy atom. The molecule has 3 saturated heterocycles. The predicted molar refractivity (Wildman–Crippen MR) is 228 cm³/mol. The van der Waals surface area contributed by atoms with Crippen molar-refractivity contribution in [2.24, 2.45) is 50.2 Å². The molecule has 8 rings (SSSR count). The number of fused-ring (bicyclic) bond motifs is 7. The van der Waals surface area contributed by atoms with Crippen LogP contribution in [0.4, 0.5) is 0 Å². The molecule has 5 aliphatic carbocycles. The molecule has 0 unspecified atom stereocenters. The molecule has 20 heteroatoms. The number of rotatable bonds is 10. The van der Waals surface area contributed by atoms with Crippen LogP contribution in [-0.4, -0.2) is 204 Å². The lowest BCUT2D eigenvalue weighted by Crippen LogP contribution is -2.69. The maximum absolute atomic E-state index is 14.7. The van der Waals surface area contributed by atoms with Crippen molar-refractivity contribution in [3.63, 3.8) is 0 Å². The third-order valence-corrected chi connectivity index (χ3v) is 19.3. The van der Waals surface area contributed by atoms with E-state index in [-0.39, 0.29) is 49.4 Å². The number of hydrogen-bond donors (Lipinski definition) is 13. The minimum Gasteiger partial charge on any atom is -0.432 e. The molecule has 0 aromatic carbocycles. The van der Waals surface area contributed by atoms with Crippen molar-refractivity contribution in [3.8, 4) is 0 Å². The maximum Gasteiger partial charge on any atom is 0.315 e. The second-order valence-corrected chi connectivity index (χ2v) is 22.8. The first-order valence-corrected chi connectivity index (χ1v) is 24.2. The van der Waals surface area contributed by atoms with Gasteiger partial charge in [0.05, 0.1) is 44.1 Å². The molecule has 3 aliphatic heterocycles. The lowest BCUT2D eigenvalue weighted by atomic mass is 9.33. The quantitative estimate of drug-likeness (QED) is 0.0622. The summed E-state index contributed by atoms with van der Waals surface area (Å²) in [5, 5.41) is 139. The van der Waals surface area contributed by atoms with E-state index in [4.69, 9.17) is 28.4 Å². The van der Waals surface area contributed by atoms with Crippen LogP contribution in [0.2, 0.25) is 0 Å². The zero-order chi connectivity index (χ0) is 49.0. The number of hydrogen-bond acceptors (Lipinski definition) is 20. The molecule has 0 aromatic rings. The number of carbonyl (C=O) groups is 1. The smallest absolute Gasteiger partial charge is 0.315 e. The van der Waals surface area contributed by atoms with E-state index in [1.807, 2.05) is 13.8 Å². The SMILES string of the molecule is C[C@]1(CO)CC[C@]2(C(=O)O[C@@H]3O[C@H](CO)[C@@H](O)[C@H](O)[C@H]3O)CC[C@]3(C)C(=CC[C@@H]4[C@@]5(C)C[C@H](O)[C@H](O[C@@H]6OC[C@@H](O[C@@H]7O[C@H](CO)[C@@H](O)[C@H](O)[C@H]7O)[C@H](O)[C@H]6O)[C@@](C)(CO)[C@@H]5CC[C@]43C)[C@@H]2C1. The molecule has 0 bridgehead atoms. The maximum atomic E-state index is 14.7. The number of carbonyl (C=O) groups excluding carboxylic acids is 1. The molecule has 0 aromatic heterocycles. The molecule has 67 heavy (non-hydrogen) atoms. The standard InChI is InChI=1S/C47H76O20/c1-42(19-50)10-12-47(41(61)67-40-36(60)33(57)30(54)25(17-49)64-40)13-11-45(4)21(22(47)14-42)6-7-28-43(2)15-23(52)37(44(3,20-51)27(43)8-9-46(28,45)5)66-38-34(58)31(55)26(18-62-38)65-39-35(59)32(56)29(53)24(16-48)63-39/h6,22-40,48-60H,7-20H2,1-5H3/t22-,23-,24+,25+,26+,27+,28+,29+,30+,31-,32-,33-,34+,35+,36+,37-,38-,39-,40-,42-,43-,44-,45+,46+,47-/m0/s1. The van der Waals surface area contributed by atoms with Gasteiger partial charge in [0.15, 0.2) is 12.6 Å². The van der Waals surface area contributed by atoms with Crippen LogP contribution < -0.4 is 0 Å². The van der Waals surface area contributed by atoms with Gasteiger partial charge < -0.3 is 94.8 Å². The van der Waals surface area contributed by atoms with E-state index in [2.05, 4.69) is 26.8 Å². The zero-order valence-corrected chi connectivity index (χ0v) is 39.1. The summed E-state index contributed by atoms with van der Waals surface area (Å²) < 4.78 is 34.9. The second-order valence-electron chi connectivity index (χ2n) is 22.8. The molecule has 0 amide bonds. The Kier molecular flexibility index (Phi) is 14.3. The molecule has 0 spiro atoms. The van der Waals surface area contributed by atoms with E-state index >= 15 is 0 Å². The Balaban J connectivity index is 1.02. The summed E-state index contributed by atoms with van der Waals surface area (Å²) in [6, 6.07) is 0. The molecule has 384 valence electrons. The van der Waals surface area contributed by atoms with Gasteiger partial charge in [-0.1, -0.05) is 46.3 Å². The fourth-order valence-corrected chi connectivity index (χ4v) is 14.9. The third kappa shape index (κ3) is 7.99. The van der Waals surface area contributed by atoms with E-state index in [0.717, 1.165) is 5.57 Å². The highest BCUT2D eigenvalue weighted by molar-refractivity contribution is 5.79. The van der Waals surface area contributed by atoms with Gasteiger partial charge in [-0.2, -0.15) is 0 Å². The van der Waals surface area contributed by atoms with Gasteiger partial charge in [-0.05, 0) is 97.2 Å². The number of aliphatic hydroxyl groups is 13. The number of aliphatic hydroxyl groups excluding tert-OH is 13. The largest absolute Gasteiger partial charge is 0.432 e. The Bertz CT molecular complexity index is 1820. The fraction of sp³-hybridized carbons (Fsp3) is 0.936. The van der Waals surface area contributed by atoms with Gasteiger partial charge in [-0.3, -0.25) is 4.79 Å². The van der Waals surface area contributed by atoms with Crippen molar-refractivity contribution < 1.29 is 99.6 Å². The van der Waals surface area contributed by atoms with Crippen molar-refractivity contribution >= 4 is 5.97 Å². The van der Waals surface area contributed by atoms with Gasteiger partial charge in [0.1, 0.15) is 67.1 Å². The molecule has 0 radical (unpaired) electrons. The molecular formula is C47H76O20. The highest BCUT2D eigenvalue weighted by Gasteiger charge is 2.71. The first-order chi connectivity index (χ1) is 31.4. The Hall–Kier alpha value is -1.51. The summed E-state index contributed by atoms with van der Waals surface area (Å²) in [6.07, 6.45) is -17.5. The van der Waals surface area contributed by atoms with Gasteiger partial charge in [-0.25, -0.2) is 0 Å². The normalized spacial score (nSPS) is 55.6. The third-order valence-electron chi connectivity index (χ3n) is 19.3. The molecule has 3 heterocycles. The van der Waals surface area contributed by atoms with E-state index in [1.165, 1.54) is 0 Å². The van der Waals surface area contributed by atoms with Crippen molar-refractivity contribution in [2.75, 3.05) is 33.0 Å². The molecule has 13 N–H and O–H groups in total. The van der Waals surface area contributed by atoms with Crippen molar-refractivity contribution in [2.45, 2.75) is 191 Å². The van der Waals surface area contributed by atoms with Crippen molar-refractivity contribution in [1.29, 1.82) is 0 Å². The lowest BCUT2D eigenvalue weighted by Gasteiger charge is -2.72. The van der Waals surface area contributed by atoms with Gasteiger partial charge in [0.25, 0.3) is 0 Å². The van der Waals surface area contributed by atoms with E-state index < -0.39 is 144 Å². The highest BCUT2D eigenvalue weighted by Crippen LogP contribution is 2.76. The number of esters is 1. The van der Waals surface area contributed by atoms with E-state index in [0.29, 0.717) is 51.4 Å². The molecule has 4 saturated carbocycles. The molecular weight excluding hydrogens is 884 g/mol. The van der Waals surface area contributed by atoms with Crippen LogP contribution in [0.15, 0.2) is 11.6 Å². The zero-order valence-electron chi connectivity index (χ0n) is 39.1. The summed E-state index contributed by atoms with van der Waals surface area (Å²) in [4.78, 5) is 14.7. The van der Waals surface area contributed by atoms with Crippen LogP contribution in [0.1, 0.15) is 92.4 Å². The average Bonchev–Trinajstić information content (AvgIpc) is 3.30. The van der Waals surface area contributed by atoms with Gasteiger partial charge in [0, 0.05) is 12.0 Å². The van der Waals surface area contributed by atoms with Gasteiger partial charge in [0.2, 0.25) is 6.29 Å². The fourth-order valence-electron chi connectivity index (χ4n) is 14.9. The Labute approximate surface area is 390 Å². The Morgan fingerprint density at radius 3 is 1.87 bits per heavy atom. The minimum atomic E-state index is -1.76. The summed E-state index contributed by atoms with van der Waals surface area (Å²) in [5.41, 5.74) is -2.94. The molecule has 8 aliphatic rings. The van der Waals surface area contributed by atoms with E-state index in [1.54, 1.807) is 0 Å². The number of ether oxygens (including phenoxy) is 6. The van der Waals surface area contributed by atoms with Crippen molar-refractivity contribution in [1.82, 2.24) is 0 Å². The summed E-state index contributed by atoms with van der Waals surface area (Å²) in [6.45, 7) is 8.37. The Morgan fingerprint density at radius 1 is 0.657 bits per heavy atom. The monoisotopic (exact) mass is 960 g/mol. The van der Waals surface area contributed by atoms with Crippen LogP contribution in [0.3, 0.4) is 0 Å². The summed E-state index contributed by atoms with van der Waals surface area (Å²) >= 11 is 0. The number of allylic oxidation sites excluding steroid dienone is 2. The first-order valence-electron chi connectivity index (χ1n) is 24.2. The lowest BCUT2D eigenvalue weighted by molar-refractivity contribution is -0.357.